The Labute approximate surface area is 189 Å². The summed E-state index contributed by atoms with van der Waals surface area (Å²) in [6.07, 6.45) is -0.0739. The lowest BCUT2D eigenvalue weighted by Crippen LogP contribution is -2.24. The summed E-state index contributed by atoms with van der Waals surface area (Å²) in [4.78, 5) is 4.08. The highest BCUT2D eigenvalue weighted by Gasteiger charge is 2.19. The Morgan fingerprint density at radius 2 is 1.69 bits per heavy atom. The van der Waals surface area contributed by atoms with E-state index in [1.807, 2.05) is 73.1 Å². The molecule has 0 spiro atoms. The summed E-state index contributed by atoms with van der Waals surface area (Å²) < 4.78 is 8.41. The molecular formula is C25H30N6O. The minimum Gasteiger partial charge on any atom is -0.484 e. The van der Waals surface area contributed by atoms with Crippen molar-refractivity contribution in [3.63, 3.8) is 0 Å². The first-order valence-corrected chi connectivity index (χ1v) is 10.7. The lowest BCUT2D eigenvalue weighted by molar-refractivity contribution is 0.162. The lowest BCUT2D eigenvalue weighted by Gasteiger charge is -2.23. The van der Waals surface area contributed by atoms with Gasteiger partial charge in [0.25, 0.3) is 0 Å². The van der Waals surface area contributed by atoms with Gasteiger partial charge in [-0.3, -0.25) is 0 Å². The van der Waals surface area contributed by atoms with E-state index in [2.05, 4.69) is 48.2 Å². The van der Waals surface area contributed by atoms with Crippen LogP contribution in [-0.4, -0.2) is 59.6 Å². The van der Waals surface area contributed by atoms with Gasteiger partial charge in [0, 0.05) is 26.7 Å². The third kappa shape index (κ3) is 4.29. The quantitative estimate of drug-likeness (QED) is 0.438. The van der Waals surface area contributed by atoms with Gasteiger partial charge in [-0.05, 0) is 45.6 Å². The molecule has 1 atom stereocenters. The zero-order valence-corrected chi connectivity index (χ0v) is 19.6. The molecule has 32 heavy (non-hydrogen) atoms. The molecule has 0 amide bonds. The molecule has 0 fully saturated rings. The van der Waals surface area contributed by atoms with Gasteiger partial charge in [0.2, 0.25) is 0 Å². The van der Waals surface area contributed by atoms with Gasteiger partial charge in [-0.25, -0.2) is 4.68 Å². The van der Waals surface area contributed by atoms with Crippen molar-refractivity contribution in [1.82, 2.24) is 24.9 Å². The van der Waals surface area contributed by atoms with E-state index in [4.69, 9.17) is 9.84 Å². The minimum atomic E-state index is -0.0739. The summed E-state index contributed by atoms with van der Waals surface area (Å²) in [7, 11) is 8.02. The second-order valence-electron chi connectivity index (χ2n) is 8.50. The first-order chi connectivity index (χ1) is 15.3. The van der Waals surface area contributed by atoms with Gasteiger partial charge in [0.15, 0.2) is 5.82 Å². The molecule has 2 aromatic heterocycles. The fourth-order valence-electron chi connectivity index (χ4n) is 3.93. The van der Waals surface area contributed by atoms with E-state index >= 15 is 0 Å². The number of aryl methyl sites for hydroxylation is 2. The number of rotatable bonds is 7. The molecule has 2 heterocycles. The topological polar surface area (TPSA) is 59.3 Å². The molecule has 0 aliphatic rings. The molecule has 7 nitrogen and oxygen atoms in total. The second-order valence-corrected chi connectivity index (χ2v) is 8.50. The van der Waals surface area contributed by atoms with Crippen LogP contribution in [0.4, 0.5) is 5.82 Å². The van der Waals surface area contributed by atoms with Crippen LogP contribution < -0.4 is 9.64 Å². The van der Waals surface area contributed by atoms with Crippen molar-refractivity contribution in [3.05, 3.63) is 71.5 Å². The van der Waals surface area contributed by atoms with Gasteiger partial charge in [-0.2, -0.15) is 10.2 Å². The average Bonchev–Trinajstić information content (AvgIpc) is 3.12. The van der Waals surface area contributed by atoms with E-state index < -0.39 is 0 Å². The minimum absolute atomic E-state index is 0.0739. The van der Waals surface area contributed by atoms with Crippen molar-refractivity contribution in [1.29, 1.82) is 0 Å². The molecule has 0 aliphatic carbocycles. The number of hydrogen-bond donors (Lipinski definition) is 0. The first kappa shape index (κ1) is 21.8. The number of likely N-dealkylation sites (N-methyl/N-ethyl adjacent to an activating group) is 1. The van der Waals surface area contributed by atoms with E-state index in [-0.39, 0.29) is 6.10 Å². The Balaban J connectivity index is 1.73. The van der Waals surface area contributed by atoms with Crippen molar-refractivity contribution in [2.45, 2.75) is 20.0 Å². The number of nitrogens with zero attached hydrogens (tertiary/aromatic N) is 6. The third-order valence-corrected chi connectivity index (χ3v) is 5.45. The van der Waals surface area contributed by atoms with Crippen LogP contribution in [0.1, 0.15) is 23.1 Å². The molecule has 0 saturated carbocycles. The first-order valence-electron chi connectivity index (χ1n) is 10.7. The molecule has 7 heteroatoms. The Morgan fingerprint density at radius 1 is 0.938 bits per heavy atom. The zero-order valence-electron chi connectivity index (χ0n) is 19.6. The van der Waals surface area contributed by atoms with Crippen molar-refractivity contribution in [2.24, 2.45) is 0 Å². The summed E-state index contributed by atoms with van der Waals surface area (Å²) in [5, 5.41) is 14.6. The predicted octanol–water partition coefficient (Wildman–Crippen LogP) is 4.18. The smallest absolute Gasteiger partial charge is 0.179 e. The SMILES string of the molecule is Cc1nnc(N(C)C)c2nn(-c3cccc(OC(CN(C)C)c4ccccc4)c3)c(C)c12. The Bertz CT molecular complexity index is 1220. The fourth-order valence-corrected chi connectivity index (χ4v) is 3.93. The van der Waals surface area contributed by atoms with E-state index in [1.54, 1.807) is 0 Å². The van der Waals surface area contributed by atoms with Gasteiger partial charge in [-0.15, -0.1) is 5.10 Å². The van der Waals surface area contributed by atoms with Crippen LogP contribution in [0.5, 0.6) is 5.75 Å². The zero-order chi connectivity index (χ0) is 22.8. The van der Waals surface area contributed by atoms with Crippen LogP contribution in [0.15, 0.2) is 54.6 Å². The second kappa shape index (κ2) is 8.96. The summed E-state index contributed by atoms with van der Waals surface area (Å²) in [5.41, 5.74) is 4.84. The number of fused-ring (bicyclic) bond motifs is 1. The molecule has 2 aromatic carbocycles. The summed E-state index contributed by atoms with van der Waals surface area (Å²) in [5.74, 6) is 1.56. The summed E-state index contributed by atoms with van der Waals surface area (Å²) in [6.45, 7) is 4.82. The third-order valence-electron chi connectivity index (χ3n) is 5.45. The van der Waals surface area contributed by atoms with Crippen LogP contribution in [-0.2, 0) is 0 Å². The monoisotopic (exact) mass is 430 g/mol. The van der Waals surface area contributed by atoms with Gasteiger partial charge >= 0.3 is 0 Å². The van der Waals surface area contributed by atoms with Crippen molar-refractivity contribution in [3.8, 4) is 11.4 Å². The van der Waals surface area contributed by atoms with Gasteiger partial charge < -0.3 is 14.5 Å². The molecule has 4 aromatic rings. The van der Waals surface area contributed by atoms with Crippen LogP contribution in [0, 0.1) is 13.8 Å². The van der Waals surface area contributed by atoms with Crippen LogP contribution >= 0.6 is 0 Å². The number of benzene rings is 2. The molecule has 1 unspecified atom stereocenters. The highest BCUT2D eigenvalue weighted by molar-refractivity contribution is 5.92. The molecule has 0 N–H and O–H groups in total. The summed E-state index contributed by atoms with van der Waals surface area (Å²) >= 11 is 0. The molecule has 0 saturated heterocycles. The predicted molar refractivity (Wildman–Crippen MR) is 129 cm³/mol. The summed E-state index contributed by atoms with van der Waals surface area (Å²) in [6, 6.07) is 18.4. The molecule has 4 rings (SSSR count). The molecule has 0 aliphatic heterocycles. The van der Waals surface area contributed by atoms with E-state index in [0.29, 0.717) is 0 Å². The maximum absolute atomic E-state index is 6.46. The number of hydrogen-bond acceptors (Lipinski definition) is 6. The highest BCUT2D eigenvalue weighted by Crippen LogP contribution is 2.30. The van der Waals surface area contributed by atoms with Gasteiger partial charge in [0.05, 0.1) is 22.5 Å². The van der Waals surface area contributed by atoms with Crippen LogP contribution in [0.3, 0.4) is 0 Å². The highest BCUT2D eigenvalue weighted by atomic mass is 16.5. The Hall–Kier alpha value is -3.45. The van der Waals surface area contributed by atoms with Gasteiger partial charge in [0.1, 0.15) is 17.4 Å². The van der Waals surface area contributed by atoms with Gasteiger partial charge in [-0.1, -0.05) is 36.4 Å². The maximum Gasteiger partial charge on any atom is 0.179 e. The van der Waals surface area contributed by atoms with E-state index in [1.165, 1.54) is 0 Å². The van der Waals surface area contributed by atoms with Crippen molar-refractivity contribution >= 4 is 16.7 Å². The normalized spacial score (nSPS) is 12.3. The van der Waals surface area contributed by atoms with Crippen LogP contribution in [0.2, 0.25) is 0 Å². The Morgan fingerprint density at radius 3 is 2.38 bits per heavy atom. The maximum atomic E-state index is 6.46. The molecule has 0 bridgehead atoms. The molecule has 0 radical (unpaired) electrons. The number of ether oxygens (including phenoxy) is 1. The van der Waals surface area contributed by atoms with E-state index in [9.17, 15) is 0 Å². The number of anilines is 1. The van der Waals surface area contributed by atoms with Crippen LogP contribution in [0.25, 0.3) is 16.6 Å². The molecular weight excluding hydrogens is 400 g/mol. The average molecular weight is 431 g/mol. The largest absolute Gasteiger partial charge is 0.484 e. The lowest BCUT2D eigenvalue weighted by atomic mass is 10.1. The Kier molecular flexibility index (Phi) is 6.10. The van der Waals surface area contributed by atoms with Crippen molar-refractivity contribution < 1.29 is 4.74 Å². The standard InChI is InChI=1S/C25H30N6O/c1-17-23-18(2)31(28-24(23)25(27-26-17)30(5)6)20-13-10-14-21(15-20)32-22(16-29(3)4)19-11-8-7-9-12-19/h7-15,22H,16H2,1-6H3. The molecule has 166 valence electrons. The van der Waals surface area contributed by atoms with E-state index in [0.717, 1.165) is 51.7 Å². The fraction of sp³-hybridized carbons (Fsp3) is 0.320. The van der Waals surface area contributed by atoms with Crippen molar-refractivity contribution in [2.75, 3.05) is 39.6 Å². The number of aromatic nitrogens is 4.